The maximum atomic E-state index is 14.0. The summed E-state index contributed by atoms with van der Waals surface area (Å²) in [5.74, 6) is -0.441. The Bertz CT molecular complexity index is 1350. The third-order valence-corrected chi connectivity index (χ3v) is 5.98. The van der Waals surface area contributed by atoms with Crippen LogP contribution in [0.15, 0.2) is 54.9 Å². The average Bonchev–Trinajstić information content (AvgIpc) is 3.59. The summed E-state index contributed by atoms with van der Waals surface area (Å²) in [7, 11) is 0. The number of halogens is 2. The predicted octanol–water partition coefficient (Wildman–Crippen LogP) is 2.78. The third-order valence-electron chi connectivity index (χ3n) is 5.98. The van der Waals surface area contributed by atoms with Crippen molar-refractivity contribution in [3.63, 3.8) is 0 Å². The lowest BCUT2D eigenvalue weighted by Crippen LogP contribution is -2.34. The van der Waals surface area contributed by atoms with Gasteiger partial charge in [0, 0.05) is 35.7 Å². The molecule has 178 valence electrons. The number of ether oxygens (including phenoxy) is 3. The molecule has 5 heterocycles. The summed E-state index contributed by atoms with van der Waals surface area (Å²) in [4.78, 5) is 13.1. The van der Waals surface area contributed by atoms with Gasteiger partial charge in [0.15, 0.2) is 17.8 Å². The van der Waals surface area contributed by atoms with E-state index in [1.54, 1.807) is 30.6 Å². The van der Waals surface area contributed by atoms with Crippen molar-refractivity contribution in [2.24, 2.45) is 0 Å². The molecule has 9 nitrogen and oxygen atoms in total. The first kappa shape index (κ1) is 21.7. The van der Waals surface area contributed by atoms with Crippen LogP contribution >= 0.6 is 0 Å². The molecule has 0 radical (unpaired) electrons. The minimum Gasteiger partial charge on any atom is -0.469 e. The molecule has 2 saturated heterocycles. The molecule has 6 rings (SSSR count). The smallest absolute Gasteiger partial charge is 0.213 e. The predicted molar refractivity (Wildman–Crippen MR) is 118 cm³/mol. The van der Waals surface area contributed by atoms with Crippen molar-refractivity contribution >= 4 is 0 Å². The van der Waals surface area contributed by atoms with Crippen LogP contribution in [-0.4, -0.2) is 67.9 Å². The highest BCUT2D eigenvalue weighted by Gasteiger charge is 2.48. The Morgan fingerprint density at radius 2 is 1.77 bits per heavy atom. The molecule has 2 fully saturated rings. The Kier molecular flexibility index (Phi) is 5.44. The lowest BCUT2D eigenvalue weighted by Gasteiger charge is -2.17. The van der Waals surface area contributed by atoms with Crippen LogP contribution < -0.4 is 4.74 Å². The number of nitrogens with zero attached hydrogens (tertiary/aromatic N) is 4. The summed E-state index contributed by atoms with van der Waals surface area (Å²) in [5, 5.41) is 16.6. The average molecular weight is 479 g/mol. The molecule has 11 heteroatoms. The van der Waals surface area contributed by atoms with Crippen LogP contribution in [0.5, 0.6) is 5.88 Å². The summed E-state index contributed by atoms with van der Waals surface area (Å²) in [6.45, 7) is 0.567. The molecule has 0 aliphatic carbocycles. The molecular weight excluding hydrogens is 460 g/mol. The number of aliphatic hydroxyl groups excluding tert-OH is 1. The van der Waals surface area contributed by atoms with Crippen molar-refractivity contribution in [1.29, 1.82) is 0 Å². The van der Waals surface area contributed by atoms with Gasteiger partial charge in [-0.3, -0.25) is 10.1 Å². The summed E-state index contributed by atoms with van der Waals surface area (Å²) in [6.07, 6.45) is 1.62. The second kappa shape index (κ2) is 8.77. The molecule has 0 amide bonds. The first-order valence-electron chi connectivity index (χ1n) is 10.9. The van der Waals surface area contributed by atoms with Gasteiger partial charge in [0.2, 0.25) is 5.88 Å². The van der Waals surface area contributed by atoms with Crippen LogP contribution in [0.4, 0.5) is 8.78 Å². The number of benzene rings is 1. The zero-order valence-corrected chi connectivity index (χ0v) is 18.1. The van der Waals surface area contributed by atoms with Crippen LogP contribution in [0.3, 0.4) is 0 Å². The molecule has 0 unspecified atom stereocenters. The number of nitrogens with one attached hydrogen (secondary N) is 1. The highest BCUT2D eigenvalue weighted by atomic mass is 19.1. The quantitative estimate of drug-likeness (QED) is 0.449. The maximum absolute atomic E-state index is 14.0. The van der Waals surface area contributed by atoms with Gasteiger partial charge in [0.1, 0.15) is 29.9 Å². The summed E-state index contributed by atoms with van der Waals surface area (Å²) < 4.78 is 44.2. The zero-order chi connectivity index (χ0) is 23.9. The Balaban J connectivity index is 1.14. The monoisotopic (exact) mass is 479 g/mol. The second-order valence-electron chi connectivity index (χ2n) is 8.27. The number of aromatic nitrogens is 5. The highest BCUT2D eigenvalue weighted by Crippen LogP contribution is 2.30. The molecule has 4 aromatic rings. The standard InChI is InChI=1S/C24H19F2N5O4/c25-14-3-4-15(16(26)7-14)24-29-23(30-31-24)13-1-5-17(27-9-13)12-2-6-20(28-8-12)35-19-11-34-21-18(32)10-33-22(19)21/h1-9,18-19,21-22,32H,10-11H2,(H,29,30,31)/t18-,19+,21-,22-/m1/s1. The van der Waals surface area contributed by atoms with Crippen LogP contribution in [0, 0.1) is 11.6 Å². The normalized spacial score (nSPS) is 23.4. The van der Waals surface area contributed by atoms with Crippen LogP contribution in [0.1, 0.15) is 0 Å². The third kappa shape index (κ3) is 4.14. The van der Waals surface area contributed by atoms with Gasteiger partial charge in [-0.2, -0.15) is 5.10 Å². The van der Waals surface area contributed by atoms with Crippen molar-refractivity contribution in [3.8, 4) is 39.9 Å². The number of rotatable bonds is 5. The number of hydrogen-bond donors (Lipinski definition) is 2. The summed E-state index contributed by atoms with van der Waals surface area (Å²) in [5.41, 5.74) is 2.21. The van der Waals surface area contributed by atoms with Gasteiger partial charge in [-0.05, 0) is 30.3 Å². The first-order chi connectivity index (χ1) is 17.0. The maximum Gasteiger partial charge on any atom is 0.213 e. The number of fused-ring (bicyclic) bond motifs is 1. The zero-order valence-electron chi connectivity index (χ0n) is 18.1. The van der Waals surface area contributed by atoms with Crippen LogP contribution in [0.25, 0.3) is 34.0 Å². The molecule has 0 spiro atoms. The molecular formula is C24H19F2N5O4. The number of H-pyrrole nitrogens is 1. The van der Waals surface area contributed by atoms with Gasteiger partial charge >= 0.3 is 0 Å². The molecule has 2 aliphatic rings. The van der Waals surface area contributed by atoms with Crippen molar-refractivity contribution in [3.05, 3.63) is 66.5 Å². The first-order valence-corrected chi connectivity index (χ1v) is 10.9. The minimum absolute atomic E-state index is 0.124. The lowest BCUT2D eigenvalue weighted by atomic mass is 10.1. The van der Waals surface area contributed by atoms with E-state index in [-0.39, 0.29) is 36.3 Å². The lowest BCUT2D eigenvalue weighted by molar-refractivity contribution is 0.00780. The van der Waals surface area contributed by atoms with Gasteiger partial charge < -0.3 is 19.3 Å². The largest absolute Gasteiger partial charge is 0.469 e. The Labute approximate surface area is 197 Å². The Hall–Kier alpha value is -3.80. The van der Waals surface area contributed by atoms with Gasteiger partial charge in [-0.1, -0.05) is 0 Å². The molecule has 2 aliphatic heterocycles. The van der Waals surface area contributed by atoms with E-state index < -0.39 is 17.7 Å². The molecule has 0 bridgehead atoms. The van der Waals surface area contributed by atoms with Crippen molar-refractivity contribution < 1.29 is 28.1 Å². The topological polar surface area (TPSA) is 115 Å². The fourth-order valence-electron chi connectivity index (χ4n) is 4.19. The van der Waals surface area contributed by atoms with E-state index >= 15 is 0 Å². The van der Waals surface area contributed by atoms with Gasteiger partial charge in [-0.25, -0.2) is 18.7 Å². The van der Waals surface area contributed by atoms with Crippen molar-refractivity contribution in [2.75, 3.05) is 13.2 Å². The fraction of sp³-hybridized carbons (Fsp3) is 0.250. The van der Waals surface area contributed by atoms with Gasteiger partial charge in [-0.15, -0.1) is 0 Å². The number of aliphatic hydroxyl groups is 1. The fourth-order valence-corrected chi connectivity index (χ4v) is 4.19. The molecule has 4 atom stereocenters. The minimum atomic E-state index is -0.727. The SMILES string of the molecule is O[C@@H]1CO[C@H]2[C@@H]1OC[C@@H]2Oc1ccc(-c2ccc(-c3n[nH]c(-c4ccc(F)cc4F)n3)cn2)cn1. The van der Waals surface area contributed by atoms with E-state index in [2.05, 4.69) is 25.1 Å². The molecule has 2 N–H and O–H groups in total. The van der Waals surface area contributed by atoms with Crippen molar-refractivity contribution in [2.45, 2.75) is 24.4 Å². The van der Waals surface area contributed by atoms with Crippen molar-refractivity contribution in [1.82, 2.24) is 25.1 Å². The Morgan fingerprint density at radius 1 is 0.943 bits per heavy atom. The van der Waals surface area contributed by atoms with E-state index in [0.717, 1.165) is 17.7 Å². The van der Waals surface area contributed by atoms with Crippen LogP contribution in [0.2, 0.25) is 0 Å². The summed E-state index contributed by atoms with van der Waals surface area (Å²) in [6, 6.07) is 10.4. The highest BCUT2D eigenvalue weighted by molar-refractivity contribution is 5.64. The van der Waals surface area contributed by atoms with E-state index in [1.165, 1.54) is 6.07 Å². The molecule has 35 heavy (non-hydrogen) atoms. The van der Waals surface area contributed by atoms with E-state index in [4.69, 9.17) is 14.2 Å². The van der Waals surface area contributed by atoms with Gasteiger partial charge in [0.05, 0.1) is 24.5 Å². The van der Waals surface area contributed by atoms with E-state index in [9.17, 15) is 13.9 Å². The van der Waals surface area contributed by atoms with Crippen LogP contribution in [-0.2, 0) is 9.47 Å². The van der Waals surface area contributed by atoms with E-state index in [0.29, 0.717) is 29.6 Å². The number of pyridine rings is 2. The molecule has 0 saturated carbocycles. The number of hydrogen-bond acceptors (Lipinski definition) is 8. The second-order valence-corrected chi connectivity index (χ2v) is 8.27. The van der Waals surface area contributed by atoms with Gasteiger partial charge in [0.25, 0.3) is 0 Å². The Morgan fingerprint density at radius 3 is 2.54 bits per heavy atom. The number of aromatic amines is 1. The molecule has 3 aromatic heterocycles. The summed E-state index contributed by atoms with van der Waals surface area (Å²) >= 11 is 0. The van der Waals surface area contributed by atoms with E-state index in [1.807, 2.05) is 6.07 Å². The molecule has 1 aromatic carbocycles.